The molecule has 2 N–H and O–H groups in total. The first kappa shape index (κ1) is 13.0. The minimum Gasteiger partial charge on any atom is -0.371 e. The molecule has 0 saturated carbocycles. The van der Waals surface area contributed by atoms with Crippen LogP contribution in [0.5, 0.6) is 0 Å². The first-order chi connectivity index (χ1) is 8.09. The summed E-state index contributed by atoms with van der Waals surface area (Å²) < 4.78 is 5.81. The van der Waals surface area contributed by atoms with Crippen molar-refractivity contribution in [1.82, 2.24) is 10.6 Å². The predicted octanol–water partition coefficient (Wildman–Crippen LogP) is 1.83. The van der Waals surface area contributed by atoms with Crippen LogP contribution in [0.15, 0.2) is 6.07 Å². The van der Waals surface area contributed by atoms with E-state index < -0.39 is 0 Å². The van der Waals surface area contributed by atoms with Crippen molar-refractivity contribution in [2.75, 3.05) is 26.2 Å². The summed E-state index contributed by atoms with van der Waals surface area (Å²) in [7, 11) is 0. The minimum atomic E-state index is 0.0811. The van der Waals surface area contributed by atoms with Crippen LogP contribution < -0.4 is 10.6 Å². The van der Waals surface area contributed by atoms with Gasteiger partial charge in [-0.1, -0.05) is 0 Å². The highest BCUT2D eigenvalue weighted by Crippen LogP contribution is 2.20. The molecule has 0 spiro atoms. The fourth-order valence-corrected chi connectivity index (χ4v) is 2.92. The average molecular weight is 254 g/mol. The van der Waals surface area contributed by atoms with Crippen molar-refractivity contribution < 1.29 is 4.74 Å². The highest BCUT2D eigenvalue weighted by molar-refractivity contribution is 7.12. The van der Waals surface area contributed by atoms with Crippen LogP contribution in [-0.4, -0.2) is 31.8 Å². The van der Waals surface area contributed by atoms with Gasteiger partial charge in [-0.25, -0.2) is 0 Å². The Hall–Kier alpha value is -0.420. The van der Waals surface area contributed by atoms with Crippen molar-refractivity contribution in [3.63, 3.8) is 0 Å². The van der Waals surface area contributed by atoms with Gasteiger partial charge < -0.3 is 15.4 Å². The van der Waals surface area contributed by atoms with Gasteiger partial charge >= 0.3 is 0 Å². The molecule has 1 aliphatic rings. The Morgan fingerprint density at radius 1 is 1.47 bits per heavy atom. The number of hydrogen-bond donors (Lipinski definition) is 2. The minimum absolute atomic E-state index is 0.0811. The third-order valence-corrected chi connectivity index (χ3v) is 4.40. The first-order valence-electron chi connectivity index (χ1n) is 6.20. The van der Waals surface area contributed by atoms with Crippen molar-refractivity contribution in [2.24, 2.45) is 0 Å². The predicted molar refractivity (Wildman–Crippen MR) is 72.7 cm³/mol. The molecular formula is C13H22N2OS. The molecule has 0 radical (unpaired) electrons. The van der Waals surface area contributed by atoms with E-state index in [1.165, 1.54) is 15.3 Å². The van der Waals surface area contributed by atoms with Crippen LogP contribution in [0.2, 0.25) is 0 Å². The molecule has 4 heteroatoms. The summed E-state index contributed by atoms with van der Waals surface area (Å²) in [4.78, 5) is 2.84. The fourth-order valence-electron chi connectivity index (χ4n) is 1.90. The molecule has 0 atom stereocenters. The molecular weight excluding hydrogens is 232 g/mol. The standard InChI is InChI=1S/C13H22N2OS/c1-10-6-12(17-11(10)2)7-14-4-5-16-13(3)8-15-9-13/h6,14-15H,4-5,7-9H2,1-3H3. The number of hydrogen-bond acceptors (Lipinski definition) is 4. The third-order valence-electron chi connectivity index (χ3n) is 3.24. The Morgan fingerprint density at radius 3 is 2.76 bits per heavy atom. The number of aryl methyl sites for hydroxylation is 2. The highest BCUT2D eigenvalue weighted by Gasteiger charge is 2.31. The summed E-state index contributed by atoms with van der Waals surface area (Å²) in [6.07, 6.45) is 0. The zero-order valence-electron chi connectivity index (χ0n) is 10.9. The Kier molecular flexibility index (Phi) is 4.20. The van der Waals surface area contributed by atoms with Gasteiger partial charge in [0.25, 0.3) is 0 Å². The van der Waals surface area contributed by atoms with E-state index in [2.05, 4.69) is 37.5 Å². The topological polar surface area (TPSA) is 33.3 Å². The zero-order valence-corrected chi connectivity index (χ0v) is 11.7. The van der Waals surface area contributed by atoms with Crippen molar-refractivity contribution in [1.29, 1.82) is 0 Å². The lowest BCUT2D eigenvalue weighted by molar-refractivity contribution is -0.0648. The van der Waals surface area contributed by atoms with E-state index >= 15 is 0 Å². The van der Waals surface area contributed by atoms with Gasteiger partial charge in [0.15, 0.2) is 0 Å². The molecule has 1 fully saturated rings. The number of thiophene rings is 1. The van der Waals surface area contributed by atoms with Gasteiger partial charge in [0.05, 0.1) is 12.2 Å². The largest absolute Gasteiger partial charge is 0.371 e. The van der Waals surface area contributed by atoms with Crippen LogP contribution in [-0.2, 0) is 11.3 Å². The highest BCUT2D eigenvalue weighted by atomic mass is 32.1. The van der Waals surface area contributed by atoms with Gasteiger partial charge in [0, 0.05) is 35.9 Å². The normalized spacial score (nSPS) is 18.1. The van der Waals surface area contributed by atoms with E-state index in [0.29, 0.717) is 0 Å². The quantitative estimate of drug-likeness (QED) is 0.760. The van der Waals surface area contributed by atoms with Crippen molar-refractivity contribution in [3.05, 3.63) is 21.4 Å². The molecule has 1 aliphatic heterocycles. The summed E-state index contributed by atoms with van der Waals surface area (Å²) >= 11 is 1.88. The van der Waals surface area contributed by atoms with Gasteiger partial charge in [0.1, 0.15) is 0 Å². The van der Waals surface area contributed by atoms with Crippen LogP contribution in [0.1, 0.15) is 22.2 Å². The number of rotatable bonds is 6. The van der Waals surface area contributed by atoms with E-state index in [-0.39, 0.29) is 5.60 Å². The second kappa shape index (κ2) is 5.48. The first-order valence-corrected chi connectivity index (χ1v) is 7.02. The average Bonchev–Trinajstić information content (AvgIpc) is 2.55. The van der Waals surface area contributed by atoms with E-state index in [1.54, 1.807) is 0 Å². The smallest absolute Gasteiger partial charge is 0.0902 e. The number of ether oxygens (including phenoxy) is 1. The lowest BCUT2D eigenvalue weighted by atomic mass is 10.0. The summed E-state index contributed by atoms with van der Waals surface area (Å²) in [5, 5.41) is 6.66. The Balaban J connectivity index is 1.60. The van der Waals surface area contributed by atoms with Gasteiger partial charge in [-0.15, -0.1) is 11.3 Å². The second-order valence-corrected chi connectivity index (χ2v) is 6.37. The van der Waals surface area contributed by atoms with E-state index in [0.717, 1.165) is 32.8 Å². The molecule has 17 heavy (non-hydrogen) atoms. The molecule has 2 rings (SSSR count). The molecule has 2 heterocycles. The van der Waals surface area contributed by atoms with Gasteiger partial charge in [0.2, 0.25) is 0 Å². The maximum absolute atomic E-state index is 5.81. The Morgan fingerprint density at radius 2 is 2.24 bits per heavy atom. The summed E-state index contributed by atoms with van der Waals surface area (Å²) in [6.45, 7) is 11.1. The third kappa shape index (κ3) is 3.52. The van der Waals surface area contributed by atoms with E-state index in [4.69, 9.17) is 4.74 Å². The lowest BCUT2D eigenvalue weighted by Gasteiger charge is -2.39. The molecule has 0 aromatic carbocycles. The zero-order chi connectivity index (χ0) is 12.3. The molecule has 3 nitrogen and oxygen atoms in total. The molecule has 0 amide bonds. The Labute approximate surface area is 108 Å². The van der Waals surface area contributed by atoms with Crippen LogP contribution in [0, 0.1) is 13.8 Å². The van der Waals surface area contributed by atoms with Crippen LogP contribution >= 0.6 is 11.3 Å². The molecule has 1 saturated heterocycles. The molecule has 0 aliphatic carbocycles. The summed E-state index contributed by atoms with van der Waals surface area (Å²) in [6, 6.07) is 2.27. The van der Waals surface area contributed by atoms with Crippen LogP contribution in [0.25, 0.3) is 0 Å². The van der Waals surface area contributed by atoms with Crippen molar-refractivity contribution >= 4 is 11.3 Å². The molecule has 96 valence electrons. The van der Waals surface area contributed by atoms with E-state index in [9.17, 15) is 0 Å². The van der Waals surface area contributed by atoms with Crippen molar-refractivity contribution in [3.8, 4) is 0 Å². The molecule has 0 unspecified atom stereocenters. The van der Waals surface area contributed by atoms with Crippen molar-refractivity contribution in [2.45, 2.75) is 32.9 Å². The molecule has 1 aromatic rings. The SMILES string of the molecule is Cc1cc(CNCCOC2(C)CNC2)sc1C. The van der Waals surface area contributed by atoms with Crippen LogP contribution in [0.3, 0.4) is 0 Å². The van der Waals surface area contributed by atoms with Gasteiger partial charge in [-0.05, 0) is 32.4 Å². The number of nitrogens with one attached hydrogen (secondary N) is 2. The maximum Gasteiger partial charge on any atom is 0.0902 e. The van der Waals surface area contributed by atoms with Gasteiger partial charge in [-0.2, -0.15) is 0 Å². The molecule has 0 bridgehead atoms. The Bertz CT molecular complexity index is 352. The summed E-state index contributed by atoms with van der Waals surface area (Å²) in [5.41, 5.74) is 1.48. The van der Waals surface area contributed by atoms with Gasteiger partial charge in [-0.3, -0.25) is 0 Å². The lowest BCUT2D eigenvalue weighted by Crippen LogP contribution is -2.59. The summed E-state index contributed by atoms with van der Waals surface area (Å²) in [5.74, 6) is 0. The fraction of sp³-hybridized carbons (Fsp3) is 0.692. The molecule has 1 aromatic heterocycles. The van der Waals surface area contributed by atoms with Crippen LogP contribution in [0.4, 0.5) is 0 Å². The maximum atomic E-state index is 5.81. The van der Waals surface area contributed by atoms with E-state index in [1.807, 2.05) is 11.3 Å². The monoisotopic (exact) mass is 254 g/mol. The second-order valence-electron chi connectivity index (χ2n) is 5.03.